The van der Waals surface area contributed by atoms with Gasteiger partial charge in [-0.1, -0.05) is 28.8 Å². The Morgan fingerprint density at radius 1 is 1.08 bits per heavy atom. The number of carbonyl (C=O) groups is 3. The number of rotatable bonds is 5. The van der Waals surface area contributed by atoms with Crippen LogP contribution < -0.4 is 20.7 Å². The molecule has 0 radical (unpaired) electrons. The fourth-order valence-corrected chi connectivity index (χ4v) is 2.93. The molecule has 0 spiro atoms. The third-order valence-corrected chi connectivity index (χ3v) is 4.44. The maximum absolute atomic E-state index is 12.1. The standard InChI is InChI=1S/C16H19BrN2O5/c17-10-5-7-11(8-6-10)24-9-14(20)18-19-15(21)12-3-1-2-4-13(12)16(22)23/h5-8,12-13H,1-4,9H2,(H,18,20)(H,19,21)(H,22,23)/p-1/t12-,13+/m1/s1. The van der Waals surface area contributed by atoms with E-state index < -0.39 is 29.6 Å². The lowest BCUT2D eigenvalue weighted by Gasteiger charge is -2.31. The summed E-state index contributed by atoms with van der Waals surface area (Å²) < 4.78 is 6.16. The van der Waals surface area contributed by atoms with Crippen LogP contribution in [-0.4, -0.2) is 24.4 Å². The van der Waals surface area contributed by atoms with Crippen LogP contribution in [-0.2, 0) is 14.4 Å². The van der Waals surface area contributed by atoms with Gasteiger partial charge < -0.3 is 14.6 Å². The van der Waals surface area contributed by atoms with Crippen molar-refractivity contribution >= 4 is 33.7 Å². The normalized spacial score (nSPS) is 20.0. The van der Waals surface area contributed by atoms with Crippen LogP contribution in [0.2, 0.25) is 0 Å². The molecule has 0 unspecified atom stereocenters. The topological polar surface area (TPSA) is 108 Å². The molecule has 24 heavy (non-hydrogen) atoms. The Bertz CT molecular complexity index is 605. The number of aliphatic carboxylic acids is 1. The smallest absolute Gasteiger partial charge is 0.276 e. The van der Waals surface area contributed by atoms with Crippen molar-refractivity contribution in [1.29, 1.82) is 0 Å². The highest BCUT2D eigenvalue weighted by Crippen LogP contribution is 2.29. The highest BCUT2D eigenvalue weighted by Gasteiger charge is 2.31. The van der Waals surface area contributed by atoms with Crippen molar-refractivity contribution in [3.63, 3.8) is 0 Å². The van der Waals surface area contributed by atoms with E-state index in [0.717, 1.165) is 17.3 Å². The second kappa shape index (κ2) is 8.68. The van der Waals surface area contributed by atoms with E-state index in [-0.39, 0.29) is 6.61 Å². The molecule has 1 aliphatic carbocycles. The summed E-state index contributed by atoms with van der Waals surface area (Å²) in [5.74, 6) is -3.25. The van der Waals surface area contributed by atoms with Crippen LogP contribution in [0.3, 0.4) is 0 Å². The van der Waals surface area contributed by atoms with Gasteiger partial charge in [0, 0.05) is 22.3 Å². The van der Waals surface area contributed by atoms with Crippen LogP contribution in [0.15, 0.2) is 28.7 Å². The van der Waals surface area contributed by atoms with Gasteiger partial charge in [-0.15, -0.1) is 0 Å². The molecular weight excluding hydrogens is 380 g/mol. The second-order valence-electron chi connectivity index (χ2n) is 5.60. The third-order valence-electron chi connectivity index (χ3n) is 3.91. The van der Waals surface area contributed by atoms with Gasteiger partial charge in [-0.2, -0.15) is 0 Å². The van der Waals surface area contributed by atoms with Crippen LogP contribution >= 0.6 is 15.9 Å². The number of ether oxygens (including phenoxy) is 1. The van der Waals surface area contributed by atoms with Gasteiger partial charge >= 0.3 is 0 Å². The predicted octanol–water partition coefficient (Wildman–Crippen LogP) is 0.532. The molecule has 2 atom stereocenters. The van der Waals surface area contributed by atoms with E-state index in [1.54, 1.807) is 24.3 Å². The van der Waals surface area contributed by atoms with Crippen molar-refractivity contribution < 1.29 is 24.2 Å². The van der Waals surface area contributed by atoms with Crippen LogP contribution in [0.25, 0.3) is 0 Å². The largest absolute Gasteiger partial charge is 0.550 e. The summed E-state index contributed by atoms with van der Waals surface area (Å²) in [6, 6.07) is 6.95. The Kier molecular flexibility index (Phi) is 6.60. The van der Waals surface area contributed by atoms with Gasteiger partial charge in [-0.25, -0.2) is 0 Å². The molecule has 7 nitrogen and oxygen atoms in total. The van der Waals surface area contributed by atoms with Crippen molar-refractivity contribution in [2.75, 3.05) is 6.61 Å². The Morgan fingerprint density at radius 2 is 1.71 bits per heavy atom. The fraction of sp³-hybridized carbons (Fsp3) is 0.438. The monoisotopic (exact) mass is 397 g/mol. The zero-order chi connectivity index (χ0) is 17.5. The van der Waals surface area contributed by atoms with Gasteiger partial charge in [0.2, 0.25) is 5.91 Å². The van der Waals surface area contributed by atoms with E-state index in [1.807, 2.05) is 0 Å². The van der Waals surface area contributed by atoms with Crippen LogP contribution in [0, 0.1) is 11.8 Å². The number of hydrogen-bond acceptors (Lipinski definition) is 5. The summed E-state index contributed by atoms with van der Waals surface area (Å²) in [4.78, 5) is 34.9. The van der Waals surface area contributed by atoms with E-state index in [9.17, 15) is 19.5 Å². The summed E-state index contributed by atoms with van der Waals surface area (Å²) >= 11 is 3.29. The number of nitrogens with one attached hydrogen (secondary N) is 2. The Balaban J connectivity index is 1.77. The molecule has 1 aromatic rings. The number of hydrazine groups is 1. The Labute approximate surface area is 147 Å². The van der Waals surface area contributed by atoms with Gasteiger partial charge in [0.25, 0.3) is 5.91 Å². The first-order valence-electron chi connectivity index (χ1n) is 7.65. The fourth-order valence-electron chi connectivity index (χ4n) is 2.67. The lowest BCUT2D eigenvalue weighted by molar-refractivity contribution is -0.314. The number of carboxylic acid groups (broad SMARTS) is 1. The van der Waals surface area contributed by atoms with Gasteiger partial charge in [0.05, 0.1) is 0 Å². The summed E-state index contributed by atoms with van der Waals surface area (Å²) in [6.45, 7) is -0.267. The molecule has 130 valence electrons. The van der Waals surface area contributed by atoms with Gasteiger partial charge in [0.1, 0.15) is 5.75 Å². The number of halogens is 1. The quantitative estimate of drug-likeness (QED) is 0.704. The third kappa shape index (κ3) is 5.23. The maximum atomic E-state index is 12.1. The molecule has 8 heteroatoms. The average Bonchev–Trinajstić information content (AvgIpc) is 2.59. The minimum atomic E-state index is -1.22. The molecule has 1 saturated carbocycles. The van der Waals surface area contributed by atoms with Gasteiger partial charge in [-0.05, 0) is 37.1 Å². The predicted molar refractivity (Wildman–Crippen MR) is 86.4 cm³/mol. The van der Waals surface area contributed by atoms with Crippen molar-refractivity contribution in [3.05, 3.63) is 28.7 Å². The summed E-state index contributed by atoms with van der Waals surface area (Å²) in [5, 5.41) is 11.1. The van der Waals surface area contributed by atoms with E-state index in [2.05, 4.69) is 26.8 Å². The molecule has 0 saturated heterocycles. The molecule has 2 amide bonds. The highest BCUT2D eigenvalue weighted by molar-refractivity contribution is 9.10. The first-order chi connectivity index (χ1) is 11.5. The van der Waals surface area contributed by atoms with Crippen molar-refractivity contribution in [3.8, 4) is 5.75 Å². The second-order valence-corrected chi connectivity index (χ2v) is 6.51. The van der Waals surface area contributed by atoms with Gasteiger partial charge in [0.15, 0.2) is 6.61 Å². The van der Waals surface area contributed by atoms with E-state index >= 15 is 0 Å². The lowest BCUT2D eigenvalue weighted by Crippen LogP contribution is -2.50. The first-order valence-corrected chi connectivity index (χ1v) is 8.44. The minimum absolute atomic E-state index is 0.267. The molecule has 0 aromatic heterocycles. The van der Waals surface area contributed by atoms with Crippen molar-refractivity contribution in [2.45, 2.75) is 25.7 Å². The molecule has 2 rings (SSSR count). The SMILES string of the molecule is O=C(COc1ccc(Br)cc1)NNC(=O)[C@@H]1CCCC[C@@H]1C(=O)[O-]. The number of carboxylic acids is 1. The zero-order valence-corrected chi connectivity index (χ0v) is 14.5. The highest BCUT2D eigenvalue weighted by atomic mass is 79.9. The zero-order valence-electron chi connectivity index (χ0n) is 12.9. The van der Waals surface area contributed by atoms with Crippen molar-refractivity contribution in [1.82, 2.24) is 10.9 Å². The maximum Gasteiger partial charge on any atom is 0.276 e. The summed E-state index contributed by atoms with van der Waals surface area (Å²) in [5.41, 5.74) is 4.50. The minimum Gasteiger partial charge on any atom is -0.550 e. The van der Waals surface area contributed by atoms with Crippen LogP contribution in [0.5, 0.6) is 5.75 Å². The Hall–Kier alpha value is -2.09. The molecule has 1 aliphatic rings. The number of benzene rings is 1. The number of carbonyl (C=O) groups excluding carboxylic acids is 3. The number of amides is 2. The molecule has 1 fully saturated rings. The van der Waals surface area contributed by atoms with Gasteiger partial charge in [-0.3, -0.25) is 20.4 Å². The number of hydrogen-bond donors (Lipinski definition) is 2. The molecular formula is C16H18BrN2O5-. The summed E-state index contributed by atoms with van der Waals surface area (Å²) in [6.07, 6.45) is 2.43. The average molecular weight is 398 g/mol. The van der Waals surface area contributed by atoms with E-state index in [4.69, 9.17) is 4.74 Å². The lowest BCUT2D eigenvalue weighted by atomic mass is 9.79. The molecule has 2 N–H and O–H groups in total. The van der Waals surface area contributed by atoms with Crippen molar-refractivity contribution in [2.24, 2.45) is 11.8 Å². The summed E-state index contributed by atoms with van der Waals surface area (Å²) in [7, 11) is 0. The first kappa shape index (κ1) is 18.3. The molecule has 0 bridgehead atoms. The van der Waals surface area contributed by atoms with Crippen LogP contribution in [0.1, 0.15) is 25.7 Å². The molecule has 1 aromatic carbocycles. The molecule has 0 aliphatic heterocycles. The van der Waals surface area contributed by atoms with E-state index in [1.165, 1.54) is 0 Å². The Morgan fingerprint density at radius 3 is 2.33 bits per heavy atom. The van der Waals surface area contributed by atoms with Crippen LogP contribution in [0.4, 0.5) is 0 Å². The molecule has 0 heterocycles. The van der Waals surface area contributed by atoms with E-state index in [0.29, 0.717) is 18.6 Å².